The van der Waals surface area contributed by atoms with Crippen molar-refractivity contribution in [3.05, 3.63) is 47.0 Å². The summed E-state index contributed by atoms with van der Waals surface area (Å²) >= 11 is 6.03. The van der Waals surface area contributed by atoms with Crippen molar-refractivity contribution < 1.29 is 22.6 Å². The lowest BCUT2D eigenvalue weighted by molar-refractivity contribution is 0.270. The Kier molecular flexibility index (Phi) is 7.53. The topological polar surface area (TPSA) is 86.2 Å². The van der Waals surface area contributed by atoms with Crippen LogP contribution in [0.1, 0.15) is 19.4 Å². The number of ether oxygens (including phenoxy) is 3. The molecule has 2 rings (SSSR count). The Morgan fingerprint density at radius 1 is 1.11 bits per heavy atom. The molecule has 0 unspecified atom stereocenters. The Labute approximate surface area is 170 Å². The number of nitrogens with zero attached hydrogens (tertiary/aromatic N) is 1. The highest BCUT2D eigenvalue weighted by molar-refractivity contribution is 7.89. The summed E-state index contributed by atoms with van der Waals surface area (Å²) in [5.41, 5.74) is 0.553. The van der Waals surface area contributed by atoms with E-state index in [-0.39, 0.29) is 10.6 Å². The van der Waals surface area contributed by atoms with Gasteiger partial charge in [-0.3, -0.25) is 0 Å². The number of nitrogens with one attached hydrogen (secondary N) is 1. The number of halogens is 1. The zero-order chi connectivity index (χ0) is 20.7. The number of hydrogen-bond acceptors (Lipinski definition) is 6. The van der Waals surface area contributed by atoms with Gasteiger partial charge >= 0.3 is 0 Å². The van der Waals surface area contributed by atoms with Gasteiger partial charge in [0.25, 0.3) is 10.0 Å². The molecule has 0 saturated carbocycles. The second kappa shape index (κ2) is 9.66. The Morgan fingerprint density at radius 3 is 2.50 bits per heavy atom. The minimum atomic E-state index is -3.95. The normalized spacial score (nSPS) is 11.6. The first kappa shape index (κ1) is 21.8. The second-order valence-electron chi connectivity index (χ2n) is 6.26. The predicted molar refractivity (Wildman–Crippen MR) is 109 cm³/mol. The van der Waals surface area contributed by atoms with Gasteiger partial charge in [-0.1, -0.05) is 25.4 Å². The van der Waals surface area contributed by atoms with Crippen molar-refractivity contribution in [1.82, 2.24) is 4.83 Å². The highest BCUT2D eigenvalue weighted by atomic mass is 35.5. The van der Waals surface area contributed by atoms with E-state index >= 15 is 0 Å². The van der Waals surface area contributed by atoms with E-state index in [1.54, 1.807) is 18.2 Å². The van der Waals surface area contributed by atoms with E-state index in [1.807, 2.05) is 13.8 Å². The third-order valence-electron chi connectivity index (χ3n) is 3.58. The molecule has 7 nitrogen and oxygen atoms in total. The maximum Gasteiger partial charge on any atom is 0.280 e. The van der Waals surface area contributed by atoms with Gasteiger partial charge in [0.05, 0.1) is 27.0 Å². The highest BCUT2D eigenvalue weighted by Crippen LogP contribution is 2.28. The fraction of sp³-hybridized carbons (Fsp3) is 0.316. The Morgan fingerprint density at radius 2 is 1.86 bits per heavy atom. The van der Waals surface area contributed by atoms with Gasteiger partial charge in [-0.2, -0.15) is 18.4 Å². The van der Waals surface area contributed by atoms with Crippen molar-refractivity contribution in [2.75, 3.05) is 20.8 Å². The quantitative estimate of drug-likeness (QED) is 0.488. The van der Waals surface area contributed by atoms with Crippen LogP contribution in [0.15, 0.2) is 46.4 Å². The summed E-state index contributed by atoms with van der Waals surface area (Å²) < 4.78 is 41.1. The van der Waals surface area contributed by atoms with Gasteiger partial charge < -0.3 is 14.2 Å². The molecular formula is C19H23ClN2O5S. The molecule has 0 amide bonds. The summed E-state index contributed by atoms with van der Waals surface area (Å²) in [6, 6.07) is 9.44. The third-order valence-corrected chi connectivity index (χ3v) is 5.08. The zero-order valence-corrected chi connectivity index (χ0v) is 17.7. The fourth-order valence-corrected chi connectivity index (χ4v) is 3.34. The number of rotatable bonds is 9. The summed E-state index contributed by atoms with van der Waals surface area (Å²) in [5, 5.41) is 4.33. The van der Waals surface area contributed by atoms with Crippen LogP contribution >= 0.6 is 11.6 Å². The number of sulfonamides is 1. The van der Waals surface area contributed by atoms with E-state index in [2.05, 4.69) is 9.93 Å². The van der Waals surface area contributed by atoms with Crippen molar-refractivity contribution >= 4 is 27.8 Å². The van der Waals surface area contributed by atoms with Crippen molar-refractivity contribution in [1.29, 1.82) is 0 Å². The number of methoxy groups -OCH3 is 2. The summed E-state index contributed by atoms with van der Waals surface area (Å²) in [5.74, 6) is 1.51. The van der Waals surface area contributed by atoms with E-state index in [1.165, 1.54) is 38.6 Å². The van der Waals surface area contributed by atoms with Gasteiger partial charge in [0, 0.05) is 16.7 Å². The molecule has 0 radical (unpaired) electrons. The lowest BCUT2D eigenvalue weighted by Crippen LogP contribution is -2.19. The van der Waals surface area contributed by atoms with E-state index in [4.69, 9.17) is 25.8 Å². The molecule has 0 atom stereocenters. The van der Waals surface area contributed by atoms with Crippen LogP contribution in [0, 0.1) is 5.92 Å². The van der Waals surface area contributed by atoms with Crippen molar-refractivity contribution in [3.63, 3.8) is 0 Å². The average molecular weight is 427 g/mol. The molecule has 0 aliphatic carbocycles. The largest absolute Gasteiger partial charge is 0.497 e. The summed E-state index contributed by atoms with van der Waals surface area (Å²) in [4.78, 5) is 2.11. The molecule has 0 heterocycles. The Hall–Kier alpha value is -2.45. The first-order chi connectivity index (χ1) is 13.3. The van der Waals surface area contributed by atoms with Crippen LogP contribution in [0.3, 0.4) is 0 Å². The molecule has 0 saturated heterocycles. The van der Waals surface area contributed by atoms with Crippen LogP contribution in [-0.2, 0) is 10.0 Å². The monoisotopic (exact) mass is 426 g/mol. The number of hydrogen-bond donors (Lipinski definition) is 1. The van der Waals surface area contributed by atoms with E-state index in [0.717, 1.165) is 0 Å². The van der Waals surface area contributed by atoms with Gasteiger partial charge in [-0.25, -0.2) is 0 Å². The number of benzene rings is 2. The zero-order valence-electron chi connectivity index (χ0n) is 16.1. The summed E-state index contributed by atoms with van der Waals surface area (Å²) in [7, 11) is -1.09. The van der Waals surface area contributed by atoms with Crippen LogP contribution in [0.5, 0.6) is 17.2 Å². The van der Waals surface area contributed by atoms with Gasteiger partial charge in [0.15, 0.2) is 0 Å². The van der Waals surface area contributed by atoms with Gasteiger partial charge in [0.1, 0.15) is 22.1 Å². The van der Waals surface area contributed by atoms with Crippen LogP contribution in [0.25, 0.3) is 0 Å². The second-order valence-corrected chi connectivity index (χ2v) is 8.32. The lowest BCUT2D eigenvalue weighted by atomic mass is 10.2. The standard InChI is InChI=1S/C19H23ClN2O5S/c1-13(2)12-27-17-7-5-15(20)9-14(17)11-21-22-28(23,24)19-8-6-16(25-3)10-18(19)26-4/h5-11,13,22H,12H2,1-4H3. The molecule has 2 aromatic carbocycles. The lowest BCUT2D eigenvalue weighted by Gasteiger charge is -2.12. The van der Waals surface area contributed by atoms with Crippen molar-refractivity contribution in [3.8, 4) is 17.2 Å². The summed E-state index contributed by atoms with van der Waals surface area (Å²) in [6.07, 6.45) is 1.34. The van der Waals surface area contributed by atoms with Gasteiger partial charge in [-0.15, -0.1) is 0 Å². The van der Waals surface area contributed by atoms with Crippen LogP contribution in [0.4, 0.5) is 0 Å². The van der Waals surface area contributed by atoms with E-state index < -0.39 is 10.0 Å². The SMILES string of the molecule is COc1ccc(S(=O)(=O)NN=Cc2cc(Cl)ccc2OCC(C)C)c(OC)c1. The molecule has 0 fully saturated rings. The summed E-state index contributed by atoms with van der Waals surface area (Å²) in [6.45, 7) is 4.57. The first-order valence-corrected chi connectivity index (χ1v) is 10.3. The maximum atomic E-state index is 12.6. The molecule has 9 heteroatoms. The molecular weight excluding hydrogens is 404 g/mol. The average Bonchev–Trinajstić information content (AvgIpc) is 2.66. The minimum absolute atomic E-state index is 0.0599. The molecule has 0 aliphatic heterocycles. The smallest absolute Gasteiger partial charge is 0.280 e. The predicted octanol–water partition coefficient (Wildman–Crippen LogP) is 3.70. The Balaban J connectivity index is 2.23. The molecule has 0 spiro atoms. The van der Waals surface area contributed by atoms with E-state index in [0.29, 0.717) is 34.6 Å². The molecule has 0 bridgehead atoms. The molecule has 2 aromatic rings. The van der Waals surface area contributed by atoms with Crippen molar-refractivity contribution in [2.45, 2.75) is 18.7 Å². The van der Waals surface area contributed by atoms with E-state index in [9.17, 15) is 8.42 Å². The molecule has 28 heavy (non-hydrogen) atoms. The highest BCUT2D eigenvalue weighted by Gasteiger charge is 2.19. The van der Waals surface area contributed by atoms with Crippen LogP contribution in [-0.4, -0.2) is 35.5 Å². The maximum absolute atomic E-state index is 12.6. The van der Waals surface area contributed by atoms with Gasteiger partial charge in [-0.05, 0) is 36.2 Å². The minimum Gasteiger partial charge on any atom is -0.497 e. The number of hydrazone groups is 1. The molecule has 1 N–H and O–H groups in total. The fourth-order valence-electron chi connectivity index (χ4n) is 2.22. The van der Waals surface area contributed by atoms with Crippen LogP contribution < -0.4 is 19.0 Å². The molecule has 152 valence electrons. The molecule has 0 aromatic heterocycles. The van der Waals surface area contributed by atoms with Crippen molar-refractivity contribution in [2.24, 2.45) is 11.0 Å². The van der Waals surface area contributed by atoms with Gasteiger partial charge in [0.2, 0.25) is 0 Å². The third kappa shape index (κ3) is 5.77. The molecule has 0 aliphatic rings. The Bertz CT molecular complexity index is 945. The first-order valence-electron chi connectivity index (χ1n) is 8.46. The van der Waals surface area contributed by atoms with Crippen LogP contribution in [0.2, 0.25) is 5.02 Å².